The second-order valence-corrected chi connectivity index (χ2v) is 9.91. The summed E-state index contributed by atoms with van der Waals surface area (Å²) in [6.07, 6.45) is -4.96. The van der Waals surface area contributed by atoms with Gasteiger partial charge in [0.15, 0.2) is 0 Å². The van der Waals surface area contributed by atoms with Crippen LogP contribution in [0.2, 0.25) is 0 Å². The van der Waals surface area contributed by atoms with Crippen LogP contribution in [0.4, 0.5) is 13.2 Å². The fraction of sp³-hybridized carbons (Fsp3) is 0.250. The molecule has 1 unspecified atom stereocenters. The fourth-order valence-corrected chi connectivity index (χ4v) is 5.74. The first kappa shape index (κ1) is 28.2. The number of thioether (sulfide) groups is 1. The number of nitrogens with one attached hydrogen (secondary N) is 1. The van der Waals surface area contributed by atoms with E-state index in [0.29, 0.717) is 5.01 Å². The Morgan fingerprint density at radius 2 is 1.78 bits per heavy atom. The number of hydrogen-bond donors (Lipinski definition) is 4. The van der Waals surface area contributed by atoms with Crippen LogP contribution < -0.4 is 11.1 Å². The van der Waals surface area contributed by atoms with Gasteiger partial charge < -0.3 is 21.3 Å². The number of hydrogen-bond acceptors (Lipinski definition) is 10. The molecule has 17 heteroatoms. The lowest BCUT2D eigenvalue weighted by Gasteiger charge is -2.46. The molecule has 1 aromatic carbocycles. The Labute approximate surface area is 219 Å². The average Bonchev–Trinajstić information content (AvgIpc) is 3.32. The minimum atomic E-state index is -5.08. The third-order valence-corrected chi connectivity index (χ3v) is 7.58. The zero-order valence-corrected chi connectivity index (χ0v) is 20.7. The van der Waals surface area contributed by atoms with Gasteiger partial charge in [-0.1, -0.05) is 53.9 Å². The summed E-state index contributed by atoms with van der Waals surface area (Å²) in [7, 11) is 0. The second-order valence-electron chi connectivity index (χ2n) is 7.21. The van der Waals surface area contributed by atoms with Crippen LogP contribution in [0.1, 0.15) is 15.6 Å². The molecule has 0 radical (unpaired) electrons. The van der Waals surface area contributed by atoms with Crippen molar-refractivity contribution in [2.24, 2.45) is 5.73 Å². The van der Waals surface area contributed by atoms with Crippen molar-refractivity contribution in [1.29, 1.82) is 0 Å². The first-order valence-electron chi connectivity index (χ1n) is 10.0. The highest BCUT2D eigenvalue weighted by molar-refractivity contribution is 8.03. The molecule has 2 aliphatic rings. The summed E-state index contributed by atoms with van der Waals surface area (Å²) >= 11 is 7.42. The van der Waals surface area contributed by atoms with Crippen molar-refractivity contribution in [1.82, 2.24) is 20.4 Å². The molecule has 1 fully saturated rings. The molecule has 2 aromatic rings. The minimum absolute atomic E-state index is 0.121. The molecule has 0 bridgehead atoms. The molecule has 1 saturated heterocycles. The maximum atomic E-state index is 12.7. The number of rotatable bonds is 6. The van der Waals surface area contributed by atoms with Crippen LogP contribution in [0, 0.1) is 0 Å². The van der Waals surface area contributed by atoms with Crippen molar-refractivity contribution in [2.45, 2.75) is 29.9 Å². The molecular formula is C20H16F3N5O6S3. The number of nitrogens with zero attached hydrogens (tertiary/aromatic N) is 3. The van der Waals surface area contributed by atoms with Gasteiger partial charge in [-0.2, -0.15) is 13.2 Å². The van der Waals surface area contributed by atoms with Gasteiger partial charge in [0.1, 0.15) is 31.3 Å². The molecule has 3 heterocycles. The van der Waals surface area contributed by atoms with Crippen molar-refractivity contribution < 1.29 is 42.6 Å². The standard InChI is InChI=1S/C18H15N5O4S3.C2HF3O2/c19-7-10-21-22-15(29-10)11-12(18(26)27)23-16(25)13(28)17(23)30-14(11)20-9(24)6-8-4-2-1-3-5-8;3-2(4,5)1(6)7/h1-5,14,17H,6-7,19H2,(H,20,24)(H,26,27);(H,6,7)/t14?,17-;/m0./s1. The smallest absolute Gasteiger partial charge is 0.477 e. The topological polar surface area (TPSA) is 176 Å². The van der Waals surface area contributed by atoms with Gasteiger partial charge in [-0.25, -0.2) is 9.59 Å². The van der Waals surface area contributed by atoms with E-state index in [0.717, 1.165) is 21.8 Å². The van der Waals surface area contributed by atoms with E-state index in [-0.39, 0.29) is 40.0 Å². The monoisotopic (exact) mass is 575 g/mol. The lowest BCUT2D eigenvalue weighted by molar-refractivity contribution is -0.192. The number of halogens is 3. The van der Waals surface area contributed by atoms with E-state index in [1.54, 1.807) is 0 Å². The first-order chi connectivity index (χ1) is 17.3. The third kappa shape index (κ3) is 6.30. The summed E-state index contributed by atoms with van der Waals surface area (Å²) in [4.78, 5) is 47.2. The van der Waals surface area contributed by atoms with Gasteiger partial charge in [0.2, 0.25) is 5.91 Å². The quantitative estimate of drug-likeness (QED) is 0.289. The normalized spacial score (nSPS) is 18.9. The highest BCUT2D eigenvalue weighted by Gasteiger charge is 2.53. The van der Waals surface area contributed by atoms with Crippen LogP contribution >= 0.6 is 35.3 Å². The zero-order valence-electron chi connectivity index (χ0n) is 18.3. The predicted octanol–water partition coefficient (Wildman–Crippen LogP) is 1.40. The second kappa shape index (κ2) is 11.3. The van der Waals surface area contributed by atoms with Crippen LogP contribution in [0.3, 0.4) is 0 Å². The Bertz CT molecular complexity index is 1280. The third-order valence-electron chi connectivity index (χ3n) is 4.73. The Hall–Kier alpha value is -3.41. The molecule has 2 atom stereocenters. The van der Waals surface area contributed by atoms with Gasteiger partial charge in [0, 0.05) is 6.54 Å². The number of β-lactam (4-membered cyclic amide) rings is 1. The number of benzene rings is 1. The Kier molecular flexibility index (Phi) is 8.62. The van der Waals surface area contributed by atoms with Crippen LogP contribution in [0.15, 0.2) is 36.0 Å². The van der Waals surface area contributed by atoms with E-state index in [1.807, 2.05) is 30.3 Å². The highest BCUT2D eigenvalue weighted by atomic mass is 32.2. The van der Waals surface area contributed by atoms with Gasteiger partial charge in [0.25, 0.3) is 5.91 Å². The number of carboxylic acid groups (broad SMARTS) is 2. The van der Waals surface area contributed by atoms with Crippen LogP contribution in [-0.4, -0.2) is 70.9 Å². The molecule has 2 aliphatic heterocycles. The number of carbonyl (C=O) groups excluding carboxylic acids is 2. The maximum Gasteiger partial charge on any atom is 0.490 e. The molecule has 11 nitrogen and oxygen atoms in total. The largest absolute Gasteiger partial charge is 0.490 e. The SMILES string of the molecule is NCc1nnc(C2=C(C(=O)O)N3C(=O)C(=S)[C@@H]3SC2NC(=O)Cc2ccccc2)s1.O=C(O)C(F)(F)F. The van der Waals surface area contributed by atoms with Crippen molar-refractivity contribution in [3.05, 3.63) is 51.6 Å². The number of nitrogens with two attached hydrogens (primary N) is 1. The maximum absolute atomic E-state index is 12.7. The Balaban J connectivity index is 0.000000479. The lowest BCUT2D eigenvalue weighted by atomic mass is 10.1. The van der Waals surface area contributed by atoms with Gasteiger partial charge in [0.05, 0.1) is 12.0 Å². The number of fused-ring (bicyclic) bond motifs is 1. The summed E-state index contributed by atoms with van der Waals surface area (Å²) in [5.41, 5.74) is 6.38. The van der Waals surface area contributed by atoms with E-state index in [9.17, 15) is 32.7 Å². The van der Waals surface area contributed by atoms with E-state index in [1.165, 1.54) is 11.8 Å². The van der Waals surface area contributed by atoms with Crippen molar-refractivity contribution in [2.75, 3.05) is 0 Å². The number of aromatic nitrogens is 2. The van der Waals surface area contributed by atoms with Gasteiger partial charge in [-0.05, 0) is 5.56 Å². The van der Waals surface area contributed by atoms with Crippen molar-refractivity contribution in [3.8, 4) is 0 Å². The molecule has 2 amide bonds. The van der Waals surface area contributed by atoms with E-state index < -0.39 is 34.8 Å². The first-order valence-corrected chi connectivity index (χ1v) is 12.2. The number of alkyl halides is 3. The summed E-state index contributed by atoms with van der Waals surface area (Å²) < 4.78 is 31.7. The summed E-state index contributed by atoms with van der Waals surface area (Å²) in [6.45, 7) is 0.140. The van der Waals surface area contributed by atoms with Crippen molar-refractivity contribution >= 4 is 69.5 Å². The van der Waals surface area contributed by atoms with Gasteiger partial charge in [-0.15, -0.1) is 22.0 Å². The molecule has 0 spiro atoms. The van der Waals surface area contributed by atoms with E-state index >= 15 is 0 Å². The molecule has 5 N–H and O–H groups in total. The summed E-state index contributed by atoms with van der Waals surface area (Å²) in [5, 5.41) is 27.2. The summed E-state index contributed by atoms with van der Waals surface area (Å²) in [6, 6.07) is 9.17. The van der Waals surface area contributed by atoms with E-state index in [4.69, 9.17) is 27.9 Å². The number of thiocarbonyl (C=S) groups is 1. The Morgan fingerprint density at radius 1 is 1.16 bits per heavy atom. The number of aliphatic carboxylic acids is 2. The predicted molar refractivity (Wildman–Crippen MR) is 129 cm³/mol. The molecule has 37 heavy (non-hydrogen) atoms. The highest BCUT2D eigenvalue weighted by Crippen LogP contribution is 2.46. The van der Waals surface area contributed by atoms with Gasteiger partial charge >= 0.3 is 18.1 Å². The molecule has 196 valence electrons. The van der Waals surface area contributed by atoms with Crippen LogP contribution in [-0.2, 0) is 32.1 Å². The molecule has 0 saturated carbocycles. The van der Waals surface area contributed by atoms with Crippen molar-refractivity contribution in [3.63, 3.8) is 0 Å². The molecule has 1 aromatic heterocycles. The van der Waals surface area contributed by atoms with E-state index in [2.05, 4.69) is 15.5 Å². The van der Waals surface area contributed by atoms with Crippen LogP contribution in [0.25, 0.3) is 5.57 Å². The molecular weight excluding hydrogens is 559 g/mol. The summed E-state index contributed by atoms with van der Waals surface area (Å²) in [5.74, 6) is -4.89. The Morgan fingerprint density at radius 3 is 2.30 bits per heavy atom. The van der Waals surface area contributed by atoms with Gasteiger partial charge in [-0.3, -0.25) is 14.5 Å². The molecule has 4 rings (SSSR count). The number of carbonyl (C=O) groups is 4. The minimum Gasteiger partial charge on any atom is -0.477 e. The zero-order chi connectivity index (χ0) is 27.5. The molecule has 0 aliphatic carbocycles. The number of carboxylic acids is 2. The number of amides is 2. The van der Waals surface area contributed by atoms with Crippen LogP contribution in [0.5, 0.6) is 0 Å². The lowest BCUT2D eigenvalue weighted by Crippen LogP contribution is -2.63. The fourth-order valence-electron chi connectivity index (χ4n) is 3.14. The average molecular weight is 576 g/mol.